The molecule has 0 bridgehead atoms. The van der Waals surface area contributed by atoms with Crippen LogP contribution in [0.2, 0.25) is 10.0 Å². The number of nitrogens with zero attached hydrogens (tertiary/aromatic N) is 2. The van der Waals surface area contributed by atoms with Gasteiger partial charge in [0.15, 0.2) is 11.5 Å². The Labute approximate surface area is 263 Å². The van der Waals surface area contributed by atoms with Crippen LogP contribution in [0.5, 0.6) is 11.5 Å². The number of amides is 2. The van der Waals surface area contributed by atoms with E-state index in [1.165, 1.54) is 37.3 Å². The maximum atomic E-state index is 14.2. The van der Waals surface area contributed by atoms with Gasteiger partial charge in [-0.3, -0.25) is 13.9 Å². The van der Waals surface area contributed by atoms with Crippen LogP contribution in [0.4, 0.5) is 5.69 Å². The first-order valence-corrected chi connectivity index (χ1v) is 16.0. The van der Waals surface area contributed by atoms with Crippen molar-refractivity contribution in [3.8, 4) is 11.5 Å². The van der Waals surface area contributed by atoms with Crippen molar-refractivity contribution >= 4 is 50.7 Å². The van der Waals surface area contributed by atoms with Gasteiger partial charge in [-0.05, 0) is 56.2 Å². The Morgan fingerprint density at radius 3 is 2.07 bits per heavy atom. The number of methoxy groups -OCH3 is 2. The third kappa shape index (κ3) is 8.13. The Morgan fingerprint density at radius 2 is 1.51 bits per heavy atom. The van der Waals surface area contributed by atoms with Crippen molar-refractivity contribution in [2.24, 2.45) is 0 Å². The standard InChI is InChI=1S/C31H37Cl2N3O6S/c1-6-21(3)34-31(38)27(7-2)35(19-24-25(32)14-11-15-26(24)33)30(37)20-36(22-12-9-8-10-13-22)43(39,40)23-16-17-28(41-4)29(18-23)42-5/h8-18,21,27H,6-7,19-20H2,1-5H3,(H,34,38)/t21-,27-/m0/s1. The number of nitrogens with one attached hydrogen (secondary N) is 1. The number of rotatable bonds is 14. The molecule has 0 spiro atoms. The second-order valence-corrected chi connectivity index (χ2v) is 12.5. The van der Waals surface area contributed by atoms with Crippen LogP contribution in [0.25, 0.3) is 0 Å². The molecule has 9 nitrogen and oxygen atoms in total. The highest BCUT2D eigenvalue weighted by molar-refractivity contribution is 7.92. The molecule has 3 aromatic carbocycles. The summed E-state index contributed by atoms with van der Waals surface area (Å²) >= 11 is 12.9. The second-order valence-electron chi connectivity index (χ2n) is 9.83. The number of benzene rings is 3. The summed E-state index contributed by atoms with van der Waals surface area (Å²) in [6.07, 6.45) is 0.960. The topological polar surface area (TPSA) is 105 Å². The normalized spacial score (nSPS) is 12.6. The van der Waals surface area contributed by atoms with Gasteiger partial charge in [0.1, 0.15) is 12.6 Å². The minimum Gasteiger partial charge on any atom is -0.493 e. The van der Waals surface area contributed by atoms with Crippen molar-refractivity contribution in [3.05, 3.63) is 82.3 Å². The number of para-hydroxylation sites is 1. The van der Waals surface area contributed by atoms with Gasteiger partial charge in [-0.2, -0.15) is 0 Å². The van der Waals surface area contributed by atoms with Crippen LogP contribution < -0.4 is 19.1 Å². The lowest BCUT2D eigenvalue weighted by atomic mass is 10.1. The summed E-state index contributed by atoms with van der Waals surface area (Å²) in [7, 11) is -1.46. The van der Waals surface area contributed by atoms with Crippen LogP contribution in [0.15, 0.2) is 71.6 Å². The maximum absolute atomic E-state index is 14.2. The number of hydrogen-bond donors (Lipinski definition) is 1. The Morgan fingerprint density at radius 1 is 0.884 bits per heavy atom. The molecule has 0 aliphatic carbocycles. The molecule has 2 atom stereocenters. The molecule has 0 aromatic heterocycles. The van der Waals surface area contributed by atoms with E-state index in [9.17, 15) is 18.0 Å². The monoisotopic (exact) mass is 649 g/mol. The third-order valence-corrected chi connectivity index (χ3v) is 9.52. The molecule has 0 aliphatic heterocycles. The van der Waals surface area contributed by atoms with Crippen molar-refractivity contribution in [3.63, 3.8) is 0 Å². The van der Waals surface area contributed by atoms with Crippen LogP contribution in [0.3, 0.4) is 0 Å². The zero-order chi connectivity index (χ0) is 31.7. The van der Waals surface area contributed by atoms with Crippen LogP contribution >= 0.6 is 23.2 Å². The summed E-state index contributed by atoms with van der Waals surface area (Å²) in [5, 5.41) is 3.58. The zero-order valence-corrected chi connectivity index (χ0v) is 27.2. The van der Waals surface area contributed by atoms with Gasteiger partial charge in [0, 0.05) is 34.3 Å². The molecule has 0 aliphatic rings. The van der Waals surface area contributed by atoms with Crippen LogP contribution in [0.1, 0.15) is 39.2 Å². The van der Waals surface area contributed by atoms with E-state index in [0.717, 1.165) is 4.31 Å². The number of ether oxygens (including phenoxy) is 2. The molecule has 0 fully saturated rings. The number of anilines is 1. The highest BCUT2D eigenvalue weighted by Gasteiger charge is 2.35. The van der Waals surface area contributed by atoms with Gasteiger partial charge in [0.25, 0.3) is 10.0 Å². The summed E-state index contributed by atoms with van der Waals surface area (Å²) in [4.78, 5) is 28.9. The van der Waals surface area contributed by atoms with Crippen LogP contribution in [0, 0.1) is 0 Å². The van der Waals surface area contributed by atoms with Crippen LogP contribution in [-0.2, 0) is 26.2 Å². The Hall–Kier alpha value is -3.47. The fourth-order valence-corrected chi connectivity index (χ4v) is 6.39. The molecule has 1 N–H and O–H groups in total. The summed E-state index contributed by atoms with van der Waals surface area (Å²) in [5.41, 5.74) is 0.710. The van der Waals surface area contributed by atoms with Gasteiger partial charge in [0.2, 0.25) is 11.8 Å². The predicted molar refractivity (Wildman–Crippen MR) is 170 cm³/mol. The van der Waals surface area contributed by atoms with Crippen LogP contribution in [-0.4, -0.2) is 58.0 Å². The first-order valence-electron chi connectivity index (χ1n) is 13.8. The van der Waals surface area contributed by atoms with E-state index >= 15 is 0 Å². The lowest BCUT2D eigenvalue weighted by Crippen LogP contribution is -2.53. The molecule has 0 saturated heterocycles. The Kier molecular flexibility index (Phi) is 12.1. The van der Waals surface area contributed by atoms with Crippen molar-refractivity contribution in [2.45, 2.75) is 57.1 Å². The van der Waals surface area contributed by atoms with E-state index in [4.69, 9.17) is 32.7 Å². The Bertz CT molecular complexity index is 1500. The first-order chi connectivity index (χ1) is 20.5. The molecule has 3 rings (SSSR count). The molecule has 0 radical (unpaired) electrons. The number of carbonyl (C=O) groups excluding carboxylic acids is 2. The van der Waals surface area contributed by atoms with Crippen molar-refractivity contribution in [1.29, 1.82) is 0 Å². The molecule has 43 heavy (non-hydrogen) atoms. The number of sulfonamides is 1. The smallest absolute Gasteiger partial charge is 0.264 e. The number of carbonyl (C=O) groups is 2. The molecular formula is C31H37Cl2N3O6S. The average Bonchev–Trinajstić information content (AvgIpc) is 3.00. The number of hydrogen-bond acceptors (Lipinski definition) is 6. The maximum Gasteiger partial charge on any atom is 0.264 e. The Balaban J connectivity index is 2.11. The summed E-state index contributed by atoms with van der Waals surface area (Å²) in [5.74, 6) is -0.409. The summed E-state index contributed by atoms with van der Waals surface area (Å²) in [6, 6.07) is 16.4. The fraction of sp³-hybridized carbons (Fsp3) is 0.355. The first kappa shape index (κ1) is 34.0. The van der Waals surface area contributed by atoms with E-state index in [2.05, 4.69) is 5.32 Å². The van der Waals surface area contributed by atoms with Gasteiger partial charge < -0.3 is 19.7 Å². The van der Waals surface area contributed by atoms with Gasteiger partial charge in [0.05, 0.1) is 24.8 Å². The molecule has 0 saturated carbocycles. The predicted octanol–water partition coefficient (Wildman–Crippen LogP) is 5.93. The second kappa shape index (κ2) is 15.3. The van der Waals surface area contributed by atoms with E-state index < -0.39 is 28.5 Å². The van der Waals surface area contributed by atoms with E-state index in [1.54, 1.807) is 55.5 Å². The van der Waals surface area contributed by atoms with Crippen molar-refractivity contribution < 1.29 is 27.5 Å². The average molecular weight is 651 g/mol. The third-order valence-electron chi connectivity index (χ3n) is 7.04. The highest BCUT2D eigenvalue weighted by Crippen LogP contribution is 2.33. The minimum absolute atomic E-state index is 0.107. The molecule has 232 valence electrons. The quantitative estimate of drug-likeness (QED) is 0.232. The van der Waals surface area contributed by atoms with E-state index in [1.807, 2.05) is 13.8 Å². The van der Waals surface area contributed by atoms with Crippen molar-refractivity contribution in [2.75, 3.05) is 25.1 Å². The molecule has 0 unspecified atom stereocenters. The van der Waals surface area contributed by atoms with Crippen molar-refractivity contribution in [1.82, 2.24) is 10.2 Å². The zero-order valence-electron chi connectivity index (χ0n) is 24.8. The molecule has 0 heterocycles. The van der Waals surface area contributed by atoms with Gasteiger partial charge in [-0.25, -0.2) is 8.42 Å². The minimum atomic E-state index is -4.31. The lowest BCUT2D eigenvalue weighted by molar-refractivity contribution is -0.140. The summed E-state index contributed by atoms with van der Waals surface area (Å²) < 4.78 is 39.8. The lowest BCUT2D eigenvalue weighted by Gasteiger charge is -2.34. The fourth-order valence-electron chi connectivity index (χ4n) is 4.44. The highest BCUT2D eigenvalue weighted by atomic mass is 35.5. The molecule has 12 heteroatoms. The number of halogens is 2. The summed E-state index contributed by atoms with van der Waals surface area (Å²) in [6.45, 7) is 4.88. The van der Waals surface area contributed by atoms with E-state index in [0.29, 0.717) is 27.8 Å². The molecular weight excluding hydrogens is 613 g/mol. The van der Waals surface area contributed by atoms with E-state index in [-0.39, 0.29) is 41.2 Å². The largest absolute Gasteiger partial charge is 0.493 e. The van der Waals surface area contributed by atoms with Gasteiger partial charge in [-0.15, -0.1) is 0 Å². The molecule has 3 aromatic rings. The van der Waals surface area contributed by atoms with Gasteiger partial charge >= 0.3 is 0 Å². The SMILES string of the molecule is CC[C@H](C)NC(=O)[C@H](CC)N(Cc1c(Cl)cccc1Cl)C(=O)CN(c1ccccc1)S(=O)(=O)c1ccc(OC)c(OC)c1. The van der Waals surface area contributed by atoms with Gasteiger partial charge in [-0.1, -0.05) is 61.3 Å². The molecule has 2 amide bonds.